The van der Waals surface area contributed by atoms with Crippen LogP contribution in [0.1, 0.15) is 30.6 Å². The third kappa shape index (κ3) is 4.69. The minimum Gasteiger partial charge on any atom is -0.395 e. The van der Waals surface area contributed by atoms with E-state index in [1.807, 2.05) is 25.1 Å². The van der Waals surface area contributed by atoms with Gasteiger partial charge in [0.1, 0.15) is 0 Å². The zero-order valence-electron chi connectivity index (χ0n) is 11.1. The van der Waals surface area contributed by atoms with E-state index in [2.05, 4.69) is 27.8 Å². The van der Waals surface area contributed by atoms with Crippen LogP contribution < -0.4 is 0 Å². The predicted octanol–water partition coefficient (Wildman–Crippen LogP) is 2.50. The van der Waals surface area contributed by atoms with Crippen LogP contribution in [-0.4, -0.2) is 41.4 Å². The van der Waals surface area contributed by atoms with Crippen molar-refractivity contribution in [3.05, 3.63) is 33.8 Å². The number of halogens is 1. The zero-order valence-corrected chi connectivity index (χ0v) is 12.7. The summed E-state index contributed by atoms with van der Waals surface area (Å²) in [6, 6.07) is 5.93. The van der Waals surface area contributed by atoms with Gasteiger partial charge in [-0.3, -0.25) is 0 Å². The number of aliphatic hydroxyl groups is 2. The lowest BCUT2D eigenvalue weighted by Crippen LogP contribution is -2.28. The van der Waals surface area contributed by atoms with E-state index in [-0.39, 0.29) is 6.61 Å². The molecule has 3 nitrogen and oxygen atoms in total. The first-order valence-electron chi connectivity index (χ1n) is 6.35. The predicted molar refractivity (Wildman–Crippen MR) is 77.7 cm³/mol. The average molecular weight is 316 g/mol. The molecule has 0 aliphatic rings. The van der Waals surface area contributed by atoms with Crippen molar-refractivity contribution < 1.29 is 10.2 Å². The topological polar surface area (TPSA) is 43.7 Å². The van der Waals surface area contributed by atoms with Gasteiger partial charge < -0.3 is 15.1 Å². The summed E-state index contributed by atoms with van der Waals surface area (Å²) in [4.78, 5) is 2.13. The van der Waals surface area contributed by atoms with Crippen molar-refractivity contribution >= 4 is 15.9 Å². The van der Waals surface area contributed by atoms with Gasteiger partial charge in [0.2, 0.25) is 0 Å². The van der Waals surface area contributed by atoms with Crippen LogP contribution in [0.5, 0.6) is 0 Å². The summed E-state index contributed by atoms with van der Waals surface area (Å²) in [6.07, 6.45) is 0.249. The van der Waals surface area contributed by atoms with E-state index >= 15 is 0 Å². The Labute approximate surface area is 118 Å². The first-order valence-corrected chi connectivity index (χ1v) is 7.15. The second-order valence-electron chi connectivity index (χ2n) is 4.47. The van der Waals surface area contributed by atoms with Crippen LogP contribution in [0.15, 0.2) is 22.7 Å². The Kier molecular flexibility index (Phi) is 6.86. The molecule has 18 heavy (non-hydrogen) atoms. The maximum atomic E-state index is 10.1. The molecule has 1 atom stereocenters. The second-order valence-corrected chi connectivity index (χ2v) is 5.33. The second kappa shape index (κ2) is 7.89. The first kappa shape index (κ1) is 15.6. The standard InChI is InChI=1S/C14H22BrNO2/c1-3-16(8-9-17)7-6-14(18)12-4-5-13(15)11(2)10-12/h4-5,10,14,17-18H,3,6-9H2,1-2H3. The number of aryl methyl sites for hydroxylation is 1. The van der Waals surface area contributed by atoms with Crippen molar-refractivity contribution in [1.82, 2.24) is 4.90 Å². The van der Waals surface area contributed by atoms with Gasteiger partial charge in [-0.1, -0.05) is 35.0 Å². The molecule has 0 saturated heterocycles. The summed E-state index contributed by atoms with van der Waals surface area (Å²) in [6.45, 7) is 6.61. The lowest BCUT2D eigenvalue weighted by molar-refractivity contribution is 0.133. The lowest BCUT2D eigenvalue weighted by Gasteiger charge is -2.21. The molecule has 0 aliphatic carbocycles. The van der Waals surface area contributed by atoms with Crippen LogP contribution in [0.4, 0.5) is 0 Å². The highest BCUT2D eigenvalue weighted by molar-refractivity contribution is 9.10. The maximum absolute atomic E-state index is 10.1. The quantitative estimate of drug-likeness (QED) is 0.812. The van der Waals surface area contributed by atoms with Crippen LogP contribution in [-0.2, 0) is 0 Å². The van der Waals surface area contributed by atoms with Gasteiger partial charge in [-0.15, -0.1) is 0 Å². The molecule has 0 heterocycles. The van der Waals surface area contributed by atoms with E-state index in [0.717, 1.165) is 28.7 Å². The molecule has 2 N–H and O–H groups in total. The highest BCUT2D eigenvalue weighted by Crippen LogP contribution is 2.23. The van der Waals surface area contributed by atoms with E-state index in [1.54, 1.807) is 0 Å². The molecule has 0 aromatic heterocycles. The molecule has 0 spiro atoms. The smallest absolute Gasteiger partial charge is 0.0802 e. The van der Waals surface area contributed by atoms with Crippen LogP contribution in [0, 0.1) is 6.92 Å². The highest BCUT2D eigenvalue weighted by Gasteiger charge is 2.10. The fourth-order valence-electron chi connectivity index (χ4n) is 1.92. The first-order chi connectivity index (χ1) is 8.58. The van der Waals surface area contributed by atoms with Gasteiger partial charge in [-0.05, 0) is 37.1 Å². The molecule has 1 rings (SSSR count). The van der Waals surface area contributed by atoms with Gasteiger partial charge in [0.15, 0.2) is 0 Å². The molecule has 0 aliphatic heterocycles. The van der Waals surface area contributed by atoms with E-state index < -0.39 is 6.10 Å². The normalized spacial score (nSPS) is 13.0. The summed E-state index contributed by atoms with van der Waals surface area (Å²) in [5.74, 6) is 0. The Bertz CT molecular complexity index is 371. The molecule has 1 unspecified atom stereocenters. The molecule has 102 valence electrons. The van der Waals surface area contributed by atoms with Gasteiger partial charge >= 0.3 is 0 Å². The Hall–Kier alpha value is -0.420. The minimum atomic E-state index is -0.440. The fourth-order valence-corrected chi connectivity index (χ4v) is 2.16. The van der Waals surface area contributed by atoms with Gasteiger partial charge in [0, 0.05) is 17.6 Å². The van der Waals surface area contributed by atoms with E-state index in [1.165, 1.54) is 0 Å². The molecule has 0 saturated carbocycles. The Morgan fingerprint density at radius 2 is 2.06 bits per heavy atom. The monoisotopic (exact) mass is 315 g/mol. The van der Waals surface area contributed by atoms with Crippen molar-refractivity contribution in [1.29, 1.82) is 0 Å². The van der Waals surface area contributed by atoms with Crippen molar-refractivity contribution in [3.63, 3.8) is 0 Å². The van der Waals surface area contributed by atoms with Gasteiger partial charge in [0.05, 0.1) is 12.7 Å². The van der Waals surface area contributed by atoms with Crippen LogP contribution >= 0.6 is 15.9 Å². The van der Waals surface area contributed by atoms with Crippen molar-refractivity contribution in [2.45, 2.75) is 26.4 Å². The SMILES string of the molecule is CCN(CCO)CCC(O)c1ccc(Br)c(C)c1. The summed E-state index contributed by atoms with van der Waals surface area (Å²) < 4.78 is 1.06. The Morgan fingerprint density at radius 1 is 1.33 bits per heavy atom. The average Bonchev–Trinajstić information content (AvgIpc) is 2.37. The zero-order chi connectivity index (χ0) is 13.5. The molecule has 0 radical (unpaired) electrons. The third-order valence-corrected chi connectivity index (χ3v) is 4.04. The number of benzene rings is 1. The van der Waals surface area contributed by atoms with Crippen LogP contribution in [0.25, 0.3) is 0 Å². The highest BCUT2D eigenvalue weighted by atomic mass is 79.9. The van der Waals surface area contributed by atoms with Crippen molar-refractivity contribution in [3.8, 4) is 0 Å². The van der Waals surface area contributed by atoms with Crippen molar-refractivity contribution in [2.75, 3.05) is 26.2 Å². The molecule has 1 aromatic carbocycles. The molecule has 0 amide bonds. The number of rotatable bonds is 7. The number of hydrogen-bond donors (Lipinski definition) is 2. The number of likely N-dealkylation sites (N-methyl/N-ethyl adjacent to an activating group) is 1. The molecule has 1 aromatic rings. The van der Waals surface area contributed by atoms with Gasteiger partial charge in [0.25, 0.3) is 0 Å². The third-order valence-electron chi connectivity index (χ3n) is 3.15. The summed E-state index contributed by atoms with van der Waals surface area (Å²) in [7, 11) is 0. The van der Waals surface area contributed by atoms with E-state index in [4.69, 9.17) is 5.11 Å². The molecule has 0 bridgehead atoms. The minimum absolute atomic E-state index is 0.168. The van der Waals surface area contributed by atoms with Gasteiger partial charge in [-0.2, -0.15) is 0 Å². The van der Waals surface area contributed by atoms with E-state index in [0.29, 0.717) is 13.0 Å². The molecule has 4 heteroatoms. The Morgan fingerprint density at radius 3 is 2.61 bits per heavy atom. The van der Waals surface area contributed by atoms with Crippen LogP contribution in [0.2, 0.25) is 0 Å². The fraction of sp³-hybridized carbons (Fsp3) is 0.571. The number of aliphatic hydroxyl groups excluding tert-OH is 2. The Balaban J connectivity index is 2.53. The lowest BCUT2D eigenvalue weighted by atomic mass is 10.0. The number of hydrogen-bond acceptors (Lipinski definition) is 3. The summed E-state index contributed by atoms with van der Waals surface area (Å²) in [5.41, 5.74) is 2.09. The molecule has 0 fully saturated rings. The van der Waals surface area contributed by atoms with Crippen molar-refractivity contribution in [2.24, 2.45) is 0 Å². The summed E-state index contributed by atoms with van der Waals surface area (Å²) in [5, 5.41) is 19.1. The number of nitrogens with zero attached hydrogens (tertiary/aromatic N) is 1. The molecular formula is C14H22BrNO2. The van der Waals surface area contributed by atoms with E-state index in [9.17, 15) is 5.11 Å². The maximum Gasteiger partial charge on any atom is 0.0802 e. The summed E-state index contributed by atoms with van der Waals surface area (Å²) >= 11 is 3.45. The largest absolute Gasteiger partial charge is 0.395 e. The van der Waals surface area contributed by atoms with Crippen LogP contribution in [0.3, 0.4) is 0 Å². The molecular weight excluding hydrogens is 294 g/mol. The van der Waals surface area contributed by atoms with Gasteiger partial charge in [-0.25, -0.2) is 0 Å².